The first-order chi connectivity index (χ1) is 14.2. The van der Waals surface area contributed by atoms with Gasteiger partial charge >= 0.3 is 0 Å². The van der Waals surface area contributed by atoms with Crippen molar-refractivity contribution in [2.24, 2.45) is 12.0 Å². The number of rotatable bonds is 6. The van der Waals surface area contributed by atoms with Gasteiger partial charge in [0.15, 0.2) is 17.2 Å². The van der Waals surface area contributed by atoms with Gasteiger partial charge in [0, 0.05) is 26.9 Å². The summed E-state index contributed by atoms with van der Waals surface area (Å²) in [5, 5.41) is 27.7. The van der Waals surface area contributed by atoms with Gasteiger partial charge in [-0.25, -0.2) is 9.67 Å². The zero-order valence-electron chi connectivity index (χ0n) is 17.3. The van der Waals surface area contributed by atoms with Crippen molar-refractivity contribution in [3.63, 3.8) is 0 Å². The summed E-state index contributed by atoms with van der Waals surface area (Å²) in [6, 6.07) is 9.52. The second-order valence-corrected chi connectivity index (χ2v) is 6.88. The van der Waals surface area contributed by atoms with Crippen LogP contribution in [0, 0.1) is 0 Å². The number of aromatic nitrogens is 3. The Balaban J connectivity index is 2.06. The fourth-order valence-corrected chi connectivity index (χ4v) is 2.98. The molecule has 10 nitrogen and oxygen atoms in total. The number of aryl methyl sites for hydroxylation is 1. The normalized spacial score (nSPS) is 11.5. The van der Waals surface area contributed by atoms with E-state index in [0.29, 0.717) is 6.42 Å². The SMILES string of the molecule is CCC(=Nc1c(O)[nH]c(O)c1Nc1c(N)c(C(=O)N(C)C)nn1C)c1ccccc1. The number of benzene rings is 1. The van der Waals surface area contributed by atoms with Crippen LogP contribution in [-0.2, 0) is 7.05 Å². The van der Waals surface area contributed by atoms with E-state index in [9.17, 15) is 15.0 Å². The molecule has 0 radical (unpaired) electrons. The van der Waals surface area contributed by atoms with Gasteiger partial charge in [-0.2, -0.15) is 5.10 Å². The molecular weight excluding hydrogens is 386 g/mol. The molecule has 0 fully saturated rings. The molecule has 0 atom stereocenters. The number of aromatic amines is 1. The van der Waals surface area contributed by atoms with Crippen LogP contribution in [0.3, 0.4) is 0 Å². The summed E-state index contributed by atoms with van der Waals surface area (Å²) in [7, 11) is 4.81. The summed E-state index contributed by atoms with van der Waals surface area (Å²) in [6.45, 7) is 1.95. The molecule has 0 saturated carbocycles. The topological polar surface area (TPSA) is 145 Å². The molecule has 10 heteroatoms. The van der Waals surface area contributed by atoms with Gasteiger partial charge in [-0.3, -0.25) is 9.78 Å². The third-order valence-corrected chi connectivity index (χ3v) is 4.56. The number of H-pyrrole nitrogens is 1. The van der Waals surface area contributed by atoms with E-state index in [4.69, 9.17) is 5.73 Å². The quantitative estimate of drug-likeness (QED) is 0.394. The van der Waals surface area contributed by atoms with Crippen LogP contribution in [0.15, 0.2) is 35.3 Å². The van der Waals surface area contributed by atoms with E-state index in [-0.39, 0.29) is 46.2 Å². The van der Waals surface area contributed by atoms with Crippen LogP contribution in [-0.4, -0.2) is 55.6 Å². The van der Waals surface area contributed by atoms with Gasteiger partial charge in [0.25, 0.3) is 5.91 Å². The van der Waals surface area contributed by atoms with E-state index in [1.807, 2.05) is 37.3 Å². The highest BCUT2D eigenvalue weighted by Gasteiger charge is 2.24. The number of nitrogens with zero attached hydrogens (tertiary/aromatic N) is 4. The second kappa shape index (κ2) is 8.19. The van der Waals surface area contributed by atoms with Crippen molar-refractivity contribution in [1.82, 2.24) is 19.7 Å². The number of carbonyl (C=O) groups excluding carboxylic acids is 1. The Bertz CT molecular complexity index is 1100. The predicted octanol–water partition coefficient (Wildman–Crippen LogP) is 2.72. The molecule has 158 valence electrons. The second-order valence-electron chi connectivity index (χ2n) is 6.88. The summed E-state index contributed by atoms with van der Waals surface area (Å²) >= 11 is 0. The van der Waals surface area contributed by atoms with Gasteiger partial charge in [-0.05, 0) is 12.0 Å². The summed E-state index contributed by atoms with van der Waals surface area (Å²) in [5.41, 5.74) is 8.17. The van der Waals surface area contributed by atoms with E-state index in [1.165, 1.54) is 9.58 Å². The Morgan fingerprint density at radius 2 is 1.93 bits per heavy atom. The average Bonchev–Trinajstić information content (AvgIpc) is 3.15. The average molecular weight is 411 g/mol. The molecule has 0 unspecified atom stereocenters. The molecule has 0 aliphatic heterocycles. The lowest BCUT2D eigenvalue weighted by atomic mass is 10.1. The van der Waals surface area contributed by atoms with Crippen LogP contribution in [0.1, 0.15) is 29.4 Å². The van der Waals surface area contributed by atoms with E-state index in [0.717, 1.165) is 11.3 Å². The minimum absolute atomic E-state index is 0.0767. The van der Waals surface area contributed by atoms with Crippen molar-refractivity contribution >= 4 is 34.5 Å². The van der Waals surface area contributed by atoms with Gasteiger partial charge in [0.2, 0.25) is 11.8 Å². The van der Waals surface area contributed by atoms with Crippen LogP contribution in [0.5, 0.6) is 11.8 Å². The monoisotopic (exact) mass is 411 g/mol. The molecule has 3 rings (SSSR count). The minimum atomic E-state index is -0.354. The van der Waals surface area contributed by atoms with Crippen molar-refractivity contribution in [3.8, 4) is 11.8 Å². The predicted molar refractivity (Wildman–Crippen MR) is 116 cm³/mol. The summed E-state index contributed by atoms with van der Waals surface area (Å²) in [4.78, 5) is 20.7. The van der Waals surface area contributed by atoms with Crippen molar-refractivity contribution in [2.45, 2.75) is 13.3 Å². The number of anilines is 3. The van der Waals surface area contributed by atoms with Crippen LogP contribution >= 0.6 is 0 Å². The van der Waals surface area contributed by atoms with Gasteiger partial charge < -0.3 is 26.2 Å². The number of aliphatic imine (C=N–C) groups is 1. The number of nitrogens with two attached hydrogens (primary N) is 1. The highest BCUT2D eigenvalue weighted by Crippen LogP contribution is 2.44. The standard InChI is InChI=1S/C20H25N7O3/c1-5-12(11-9-7-6-8-10-11)22-15-16(19(29)24-18(15)28)23-17-13(21)14(25-27(17)4)20(30)26(2)3/h6-10,23-24,28-29H,5,21H2,1-4H3. The maximum atomic E-state index is 12.3. The lowest BCUT2D eigenvalue weighted by molar-refractivity contribution is 0.0822. The smallest absolute Gasteiger partial charge is 0.276 e. The first kappa shape index (κ1) is 20.8. The molecule has 2 heterocycles. The summed E-state index contributed by atoms with van der Waals surface area (Å²) < 4.78 is 1.39. The molecule has 0 spiro atoms. The first-order valence-electron chi connectivity index (χ1n) is 9.32. The Kier molecular flexibility index (Phi) is 5.67. The van der Waals surface area contributed by atoms with Crippen molar-refractivity contribution < 1.29 is 15.0 Å². The molecule has 2 aromatic heterocycles. The highest BCUT2D eigenvalue weighted by molar-refractivity contribution is 6.04. The molecule has 0 saturated heterocycles. The van der Waals surface area contributed by atoms with Crippen LogP contribution in [0.2, 0.25) is 0 Å². The number of nitrogen functional groups attached to an aromatic ring is 1. The Hall–Kier alpha value is -3.95. The molecule has 0 bridgehead atoms. The molecule has 0 aliphatic carbocycles. The van der Waals surface area contributed by atoms with E-state index in [2.05, 4.69) is 20.4 Å². The maximum Gasteiger partial charge on any atom is 0.276 e. The van der Waals surface area contributed by atoms with Crippen LogP contribution in [0.4, 0.5) is 22.9 Å². The summed E-state index contributed by atoms with van der Waals surface area (Å²) in [5.74, 6) is -0.699. The molecule has 3 aromatic rings. The minimum Gasteiger partial charge on any atom is -0.493 e. The largest absolute Gasteiger partial charge is 0.493 e. The van der Waals surface area contributed by atoms with Crippen molar-refractivity contribution in [2.75, 3.05) is 25.1 Å². The first-order valence-corrected chi connectivity index (χ1v) is 9.32. The van der Waals surface area contributed by atoms with E-state index >= 15 is 0 Å². The fourth-order valence-electron chi connectivity index (χ4n) is 2.98. The summed E-state index contributed by atoms with van der Waals surface area (Å²) in [6.07, 6.45) is 0.601. The molecule has 6 N–H and O–H groups in total. The third kappa shape index (κ3) is 3.79. The van der Waals surface area contributed by atoms with Gasteiger partial charge in [-0.15, -0.1) is 0 Å². The highest BCUT2D eigenvalue weighted by atomic mass is 16.3. The van der Waals surface area contributed by atoms with E-state index < -0.39 is 0 Å². The van der Waals surface area contributed by atoms with E-state index in [1.54, 1.807) is 21.1 Å². The number of hydrogen-bond donors (Lipinski definition) is 5. The zero-order chi connectivity index (χ0) is 22.0. The van der Waals surface area contributed by atoms with Crippen molar-refractivity contribution in [1.29, 1.82) is 0 Å². The van der Waals surface area contributed by atoms with Gasteiger partial charge in [0.1, 0.15) is 11.4 Å². The van der Waals surface area contributed by atoms with Gasteiger partial charge in [-0.1, -0.05) is 37.3 Å². The van der Waals surface area contributed by atoms with Crippen LogP contribution < -0.4 is 11.1 Å². The zero-order valence-corrected chi connectivity index (χ0v) is 17.3. The van der Waals surface area contributed by atoms with Crippen LogP contribution in [0.25, 0.3) is 0 Å². The maximum absolute atomic E-state index is 12.3. The molecule has 1 aromatic carbocycles. The molecule has 30 heavy (non-hydrogen) atoms. The molecule has 1 amide bonds. The number of nitrogens with one attached hydrogen (secondary N) is 2. The number of amides is 1. The molecular formula is C20H25N7O3. The molecule has 0 aliphatic rings. The third-order valence-electron chi connectivity index (χ3n) is 4.56. The lowest BCUT2D eigenvalue weighted by Gasteiger charge is -2.10. The Morgan fingerprint density at radius 1 is 1.27 bits per heavy atom. The Labute approximate surface area is 173 Å². The van der Waals surface area contributed by atoms with Gasteiger partial charge in [0.05, 0.1) is 0 Å². The number of hydrogen-bond acceptors (Lipinski definition) is 7. The fraction of sp³-hybridized carbons (Fsp3) is 0.250. The van der Waals surface area contributed by atoms with Crippen molar-refractivity contribution in [3.05, 3.63) is 41.6 Å². The number of carbonyl (C=O) groups is 1. The number of aromatic hydroxyl groups is 2. The Morgan fingerprint density at radius 3 is 2.53 bits per heavy atom. The lowest BCUT2D eigenvalue weighted by Crippen LogP contribution is -2.23.